The van der Waals surface area contributed by atoms with E-state index in [1.165, 1.54) is 18.4 Å². The first-order valence-corrected chi connectivity index (χ1v) is 18.1. The van der Waals surface area contributed by atoms with Crippen molar-refractivity contribution in [3.8, 4) is 0 Å². The molecule has 10 nitrogen and oxygen atoms in total. The van der Waals surface area contributed by atoms with Gasteiger partial charge in [0.1, 0.15) is 17.8 Å². The Morgan fingerprint density at radius 1 is 1.07 bits per heavy atom. The lowest BCUT2D eigenvalue weighted by atomic mass is 9.84. The minimum Gasteiger partial charge on any atom is -0.350 e. The number of nitrogens with one attached hydrogen (secondary N) is 1. The summed E-state index contributed by atoms with van der Waals surface area (Å²) in [6, 6.07) is 4.93. The van der Waals surface area contributed by atoms with Gasteiger partial charge in [0.05, 0.1) is 23.7 Å². The summed E-state index contributed by atoms with van der Waals surface area (Å²) in [6.45, 7) is 11.0. The molecule has 2 aliphatic heterocycles. The number of aromatic nitrogens is 2. The molecule has 0 radical (unpaired) electrons. The van der Waals surface area contributed by atoms with Crippen LogP contribution in [0.2, 0.25) is 0 Å². The summed E-state index contributed by atoms with van der Waals surface area (Å²) in [5.74, 6) is 0.922. The van der Waals surface area contributed by atoms with Crippen LogP contribution in [0.4, 0.5) is 21.6 Å². The lowest BCUT2D eigenvalue weighted by molar-refractivity contribution is 0.0717. The number of amides is 1. The smallest absolute Gasteiger partial charge is 0.256 e. The van der Waals surface area contributed by atoms with Crippen molar-refractivity contribution in [1.82, 2.24) is 24.5 Å². The number of fused-ring (bicyclic) bond motifs is 1. The van der Waals surface area contributed by atoms with E-state index < -0.39 is 15.8 Å². The Hall–Kier alpha value is -2.83. The number of halogens is 1. The van der Waals surface area contributed by atoms with Gasteiger partial charge in [-0.15, -0.1) is 0 Å². The molecule has 1 saturated carbocycles. The molecule has 1 amide bonds. The number of sulfonamides is 1. The highest BCUT2D eigenvalue weighted by molar-refractivity contribution is 7.88. The Morgan fingerprint density at radius 2 is 1.80 bits per heavy atom. The second-order valence-electron chi connectivity index (χ2n) is 12.9. The van der Waals surface area contributed by atoms with Gasteiger partial charge in [0.2, 0.25) is 10.0 Å². The van der Waals surface area contributed by atoms with Gasteiger partial charge in [-0.1, -0.05) is 0 Å². The number of anilines is 3. The number of hydrogen-bond donors (Lipinski definition) is 1. The fraction of sp³-hybridized carbons (Fsp3) is 0.656. The molecular weight excluding hydrogens is 581 g/mol. The van der Waals surface area contributed by atoms with Gasteiger partial charge in [-0.3, -0.25) is 4.79 Å². The molecule has 44 heavy (non-hydrogen) atoms. The molecule has 1 N–H and O–H groups in total. The van der Waals surface area contributed by atoms with E-state index in [1.54, 1.807) is 23.5 Å². The van der Waals surface area contributed by atoms with E-state index in [1.807, 2.05) is 20.8 Å². The number of nitrogens with zero attached hydrogens (tertiary/aromatic N) is 6. The third-order valence-corrected chi connectivity index (χ3v) is 10.3. The number of benzene rings is 1. The lowest BCUT2D eigenvalue weighted by Crippen LogP contribution is -2.50. The Bertz CT molecular complexity index is 1390. The highest BCUT2D eigenvalue weighted by Crippen LogP contribution is 2.39. The number of hydrogen-bond acceptors (Lipinski definition) is 8. The third kappa shape index (κ3) is 7.69. The Kier molecular flexibility index (Phi) is 10.4. The third-order valence-electron chi connectivity index (χ3n) is 9.58. The largest absolute Gasteiger partial charge is 0.350 e. The quantitative estimate of drug-likeness (QED) is 0.413. The Morgan fingerprint density at radius 3 is 2.45 bits per heavy atom. The number of carbonyl (C=O) groups excluding carboxylic acids is 1. The van der Waals surface area contributed by atoms with Crippen molar-refractivity contribution >= 4 is 33.1 Å². The first kappa shape index (κ1) is 32.6. The molecule has 1 aromatic heterocycles. The standard InChI is InChI=1S/C32H48FN7O3S/c1-5-38(23(2)3)32(41)28-20-25(33)8-11-29(28)40-19-18-39(31-30(40)21-34-22-35-31)27-13-16-37(17-14-27)15-12-24-6-9-26(10-7-24)36-44(4,42)43/h8,11,20-24,26-27,36H,5-7,9-10,12-19H2,1-4H3. The summed E-state index contributed by atoms with van der Waals surface area (Å²) in [5, 5.41) is 0. The summed E-state index contributed by atoms with van der Waals surface area (Å²) in [5.41, 5.74) is 1.88. The fourth-order valence-corrected chi connectivity index (χ4v) is 8.11. The summed E-state index contributed by atoms with van der Waals surface area (Å²) >= 11 is 0. The molecule has 2 fully saturated rings. The number of rotatable bonds is 10. The molecule has 0 spiro atoms. The van der Waals surface area contributed by atoms with Crippen LogP contribution in [0.25, 0.3) is 0 Å². The molecule has 5 rings (SSSR count). The number of likely N-dealkylation sites (tertiary alicyclic amines) is 1. The van der Waals surface area contributed by atoms with E-state index >= 15 is 0 Å². The molecule has 3 aliphatic rings. The van der Waals surface area contributed by atoms with Crippen molar-refractivity contribution in [3.63, 3.8) is 0 Å². The van der Waals surface area contributed by atoms with Crippen molar-refractivity contribution in [2.75, 3.05) is 55.3 Å². The normalized spacial score (nSPS) is 21.9. The molecule has 242 valence electrons. The van der Waals surface area contributed by atoms with E-state index in [0.29, 0.717) is 36.3 Å². The monoisotopic (exact) mass is 629 g/mol. The first-order valence-electron chi connectivity index (χ1n) is 16.2. The molecule has 1 aliphatic carbocycles. The Labute approximate surface area is 262 Å². The molecule has 2 aromatic rings. The summed E-state index contributed by atoms with van der Waals surface area (Å²) in [7, 11) is -3.14. The van der Waals surface area contributed by atoms with Crippen LogP contribution in [0, 0.1) is 11.7 Å². The summed E-state index contributed by atoms with van der Waals surface area (Å²) in [6.07, 6.45) is 11.9. The van der Waals surface area contributed by atoms with Crippen LogP contribution in [0.1, 0.15) is 76.1 Å². The molecule has 12 heteroatoms. The molecule has 0 atom stereocenters. The fourth-order valence-electron chi connectivity index (χ4n) is 7.27. The van der Waals surface area contributed by atoms with Crippen LogP contribution in [0.15, 0.2) is 30.7 Å². The predicted molar refractivity (Wildman–Crippen MR) is 172 cm³/mol. The minimum atomic E-state index is -3.14. The average molecular weight is 630 g/mol. The number of piperidine rings is 1. The maximum atomic E-state index is 14.5. The van der Waals surface area contributed by atoms with Crippen LogP contribution in [0.5, 0.6) is 0 Å². The maximum absolute atomic E-state index is 14.5. The summed E-state index contributed by atoms with van der Waals surface area (Å²) in [4.78, 5) is 31.4. The zero-order chi connectivity index (χ0) is 31.4. The van der Waals surface area contributed by atoms with E-state index in [-0.39, 0.29) is 18.0 Å². The van der Waals surface area contributed by atoms with Gasteiger partial charge in [-0.2, -0.15) is 0 Å². The average Bonchev–Trinajstić information content (AvgIpc) is 3.00. The summed E-state index contributed by atoms with van der Waals surface area (Å²) < 4.78 is 40.3. The van der Waals surface area contributed by atoms with Gasteiger partial charge in [-0.05, 0) is 96.4 Å². The second kappa shape index (κ2) is 14.1. The van der Waals surface area contributed by atoms with Crippen LogP contribution in [-0.4, -0.2) is 97.7 Å². The molecule has 1 aromatic carbocycles. The highest BCUT2D eigenvalue weighted by Gasteiger charge is 2.34. The van der Waals surface area contributed by atoms with Gasteiger partial charge >= 0.3 is 0 Å². The van der Waals surface area contributed by atoms with Crippen molar-refractivity contribution in [2.45, 2.75) is 83.8 Å². The lowest BCUT2D eigenvalue weighted by Gasteiger charge is -2.44. The van der Waals surface area contributed by atoms with E-state index in [0.717, 1.165) is 82.6 Å². The van der Waals surface area contributed by atoms with Crippen LogP contribution in [-0.2, 0) is 10.0 Å². The van der Waals surface area contributed by atoms with Crippen molar-refractivity contribution in [1.29, 1.82) is 0 Å². The van der Waals surface area contributed by atoms with Crippen molar-refractivity contribution in [3.05, 3.63) is 42.1 Å². The van der Waals surface area contributed by atoms with Crippen molar-refractivity contribution < 1.29 is 17.6 Å². The molecule has 3 heterocycles. The molecule has 0 bridgehead atoms. The van der Waals surface area contributed by atoms with E-state index in [2.05, 4.69) is 24.4 Å². The van der Waals surface area contributed by atoms with Gasteiger partial charge in [0.25, 0.3) is 5.91 Å². The van der Waals surface area contributed by atoms with Gasteiger partial charge < -0.3 is 19.6 Å². The zero-order valence-corrected chi connectivity index (χ0v) is 27.4. The highest BCUT2D eigenvalue weighted by atomic mass is 32.2. The van der Waals surface area contributed by atoms with Crippen LogP contribution >= 0.6 is 0 Å². The maximum Gasteiger partial charge on any atom is 0.256 e. The second-order valence-corrected chi connectivity index (χ2v) is 14.7. The van der Waals surface area contributed by atoms with Crippen LogP contribution < -0.4 is 14.5 Å². The van der Waals surface area contributed by atoms with Gasteiger partial charge in [0, 0.05) is 50.8 Å². The van der Waals surface area contributed by atoms with Gasteiger partial charge in [0.15, 0.2) is 5.82 Å². The van der Waals surface area contributed by atoms with E-state index in [9.17, 15) is 17.6 Å². The molecule has 0 unspecified atom stereocenters. The van der Waals surface area contributed by atoms with Crippen LogP contribution in [0.3, 0.4) is 0 Å². The predicted octanol–water partition coefficient (Wildman–Crippen LogP) is 4.41. The minimum absolute atomic E-state index is 0.00112. The topological polar surface area (TPSA) is 102 Å². The van der Waals surface area contributed by atoms with E-state index in [4.69, 9.17) is 4.98 Å². The molecular formula is C32H48FN7O3S. The molecule has 1 saturated heterocycles. The van der Waals surface area contributed by atoms with Gasteiger partial charge in [-0.25, -0.2) is 27.5 Å². The Balaban J connectivity index is 1.21. The first-order chi connectivity index (χ1) is 21.0. The SMILES string of the molecule is CCN(C(=O)c1cc(F)ccc1N1CCN(C2CCN(CCC3CCC(NS(C)(=O)=O)CC3)CC2)c2ncncc21)C(C)C. The number of carbonyl (C=O) groups is 1. The van der Waals surface area contributed by atoms with Crippen molar-refractivity contribution in [2.24, 2.45) is 5.92 Å². The zero-order valence-electron chi connectivity index (χ0n) is 26.6.